The highest BCUT2D eigenvalue weighted by atomic mass is 35.5. The second kappa shape index (κ2) is 10.0. The molecule has 0 radical (unpaired) electrons. The Morgan fingerprint density at radius 2 is 1.56 bits per heavy atom. The lowest BCUT2D eigenvalue weighted by Gasteiger charge is -2.35. The van der Waals surface area contributed by atoms with Crippen molar-refractivity contribution in [1.82, 2.24) is 14.4 Å². The predicted octanol–water partition coefficient (Wildman–Crippen LogP) is 5.70. The molecule has 4 aromatic rings. The van der Waals surface area contributed by atoms with E-state index in [1.165, 1.54) is 22.0 Å². The summed E-state index contributed by atoms with van der Waals surface area (Å²) in [6, 6.07) is 26.9. The van der Waals surface area contributed by atoms with Crippen LogP contribution >= 0.6 is 11.6 Å². The highest BCUT2D eigenvalue weighted by Crippen LogP contribution is 2.35. The van der Waals surface area contributed by atoms with Gasteiger partial charge in [0.25, 0.3) is 0 Å². The van der Waals surface area contributed by atoms with Crippen molar-refractivity contribution in [3.05, 3.63) is 107 Å². The molecule has 1 fully saturated rings. The van der Waals surface area contributed by atoms with Crippen LogP contribution in [0, 0.1) is 0 Å². The lowest BCUT2D eigenvalue weighted by Crippen LogP contribution is -2.48. The van der Waals surface area contributed by atoms with Gasteiger partial charge in [0.1, 0.15) is 0 Å². The third-order valence-electron chi connectivity index (χ3n) is 6.93. The lowest BCUT2D eigenvalue weighted by molar-refractivity contribution is -0.133. The van der Waals surface area contributed by atoms with E-state index in [0.717, 1.165) is 38.3 Å². The van der Waals surface area contributed by atoms with E-state index in [1.807, 2.05) is 23.1 Å². The Morgan fingerprint density at radius 3 is 2.29 bits per heavy atom. The van der Waals surface area contributed by atoms with Gasteiger partial charge in [-0.05, 0) is 34.9 Å². The van der Waals surface area contributed by atoms with Crippen LogP contribution in [-0.4, -0.2) is 46.5 Å². The van der Waals surface area contributed by atoms with Crippen molar-refractivity contribution in [2.75, 3.05) is 26.2 Å². The summed E-state index contributed by atoms with van der Waals surface area (Å²) in [7, 11) is 2.07. The number of amides is 1. The minimum atomic E-state index is -0.0155. The maximum atomic E-state index is 13.5. The van der Waals surface area contributed by atoms with E-state index in [0.29, 0.717) is 11.4 Å². The fraction of sp³-hybridized carbons (Fsp3) is 0.276. The average Bonchev–Trinajstić information content (AvgIpc) is 3.20. The molecule has 1 aliphatic rings. The van der Waals surface area contributed by atoms with E-state index in [9.17, 15) is 4.79 Å². The topological polar surface area (TPSA) is 28.5 Å². The van der Waals surface area contributed by atoms with Gasteiger partial charge in [0.2, 0.25) is 5.91 Å². The Labute approximate surface area is 206 Å². The van der Waals surface area contributed by atoms with Gasteiger partial charge in [-0.25, -0.2) is 0 Å². The number of para-hydroxylation sites is 1. The van der Waals surface area contributed by atoms with Crippen molar-refractivity contribution < 1.29 is 4.79 Å². The largest absolute Gasteiger partial charge is 0.350 e. The first-order valence-electron chi connectivity index (χ1n) is 11.9. The van der Waals surface area contributed by atoms with Crippen LogP contribution in [0.1, 0.15) is 29.0 Å². The number of carbonyl (C=O) groups excluding carboxylic acids is 1. The van der Waals surface area contributed by atoms with Crippen molar-refractivity contribution >= 4 is 28.4 Å². The van der Waals surface area contributed by atoms with Gasteiger partial charge in [0, 0.05) is 74.2 Å². The molecular weight excluding hydrogens is 442 g/mol. The summed E-state index contributed by atoms with van der Waals surface area (Å²) >= 11 is 6.18. The van der Waals surface area contributed by atoms with Crippen LogP contribution in [0.15, 0.2) is 85.1 Å². The summed E-state index contributed by atoms with van der Waals surface area (Å²) in [4.78, 5) is 18.0. The third-order valence-corrected chi connectivity index (χ3v) is 7.18. The second-order valence-corrected chi connectivity index (χ2v) is 9.60. The van der Waals surface area contributed by atoms with E-state index in [-0.39, 0.29) is 11.8 Å². The summed E-state index contributed by atoms with van der Waals surface area (Å²) < 4.78 is 2.15. The first-order valence-corrected chi connectivity index (χ1v) is 12.3. The SMILES string of the molecule is Cn1cc([C@@H](CC(=O)N2CCN(Cc3ccccc3)CC2)c2ccc(Cl)cc2)c2ccccc21. The van der Waals surface area contributed by atoms with Gasteiger partial charge in [-0.2, -0.15) is 0 Å². The second-order valence-electron chi connectivity index (χ2n) is 9.16. The maximum absolute atomic E-state index is 13.5. The molecule has 0 saturated carbocycles. The molecule has 2 heterocycles. The standard InChI is InChI=1S/C29H30ClN3O/c1-31-21-27(25-9-5-6-10-28(25)31)26(23-11-13-24(30)14-12-23)19-29(34)33-17-15-32(16-18-33)20-22-7-3-2-4-8-22/h2-14,21,26H,15-20H2,1H3/t26-/m0/s1. The molecular formula is C29H30ClN3O. The smallest absolute Gasteiger partial charge is 0.223 e. The van der Waals surface area contributed by atoms with Gasteiger partial charge in [-0.1, -0.05) is 72.3 Å². The van der Waals surface area contributed by atoms with Crippen molar-refractivity contribution in [1.29, 1.82) is 0 Å². The van der Waals surface area contributed by atoms with Crippen LogP contribution in [0.2, 0.25) is 5.02 Å². The number of hydrogen-bond donors (Lipinski definition) is 0. The molecule has 0 N–H and O–H groups in total. The number of benzene rings is 3. The Morgan fingerprint density at radius 1 is 0.882 bits per heavy atom. The Kier molecular flexibility index (Phi) is 6.70. The summed E-state index contributed by atoms with van der Waals surface area (Å²) in [5, 5.41) is 1.91. The molecule has 1 saturated heterocycles. The van der Waals surface area contributed by atoms with Crippen LogP contribution < -0.4 is 0 Å². The summed E-state index contributed by atoms with van der Waals surface area (Å²) in [5.41, 5.74) is 4.81. The van der Waals surface area contributed by atoms with Crippen LogP contribution in [0.5, 0.6) is 0 Å². The first-order chi connectivity index (χ1) is 16.6. The zero-order valence-electron chi connectivity index (χ0n) is 19.5. The summed E-state index contributed by atoms with van der Waals surface area (Å²) in [6.07, 6.45) is 2.63. The van der Waals surface area contributed by atoms with Crippen molar-refractivity contribution in [2.24, 2.45) is 7.05 Å². The molecule has 4 nitrogen and oxygen atoms in total. The fourth-order valence-corrected chi connectivity index (χ4v) is 5.18. The number of rotatable bonds is 6. The molecule has 5 rings (SSSR count). The molecule has 34 heavy (non-hydrogen) atoms. The van der Waals surface area contributed by atoms with Crippen LogP contribution in [-0.2, 0) is 18.4 Å². The number of halogens is 1. The third kappa shape index (κ3) is 4.89. The summed E-state index contributed by atoms with van der Waals surface area (Å²) in [5.74, 6) is 0.200. The molecule has 1 amide bonds. The van der Waals surface area contributed by atoms with E-state index in [1.54, 1.807) is 0 Å². The molecule has 1 atom stereocenters. The molecule has 3 aromatic carbocycles. The highest BCUT2D eigenvalue weighted by molar-refractivity contribution is 6.30. The number of fused-ring (bicyclic) bond motifs is 1. The van der Waals surface area contributed by atoms with Crippen LogP contribution in [0.4, 0.5) is 0 Å². The predicted molar refractivity (Wildman–Crippen MR) is 139 cm³/mol. The minimum Gasteiger partial charge on any atom is -0.350 e. The van der Waals surface area contributed by atoms with Crippen LogP contribution in [0.3, 0.4) is 0 Å². The zero-order valence-corrected chi connectivity index (χ0v) is 20.3. The molecule has 5 heteroatoms. The van der Waals surface area contributed by atoms with E-state index >= 15 is 0 Å². The molecule has 0 bridgehead atoms. The van der Waals surface area contributed by atoms with Crippen molar-refractivity contribution in [3.8, 4) is 0 Å². The van der Waals surface area contributed by atoms with Gasteiger partial charge >= 0.3 is 0 Å². The van der Waals surface area contributed by atoms with Crippen molar-refractivity contribution in [2.45, 2.75) is 18.9 Å². The molecule has 0 aliphatic carbocycles. The number of piperazine rings is 1. The number of nitrogens with zero attached hydrogens (tertiary/aromatic N) is 3. The molecule has 1 aromatic heterocycles. The fourth-order valence-electron chi connectivity index (χ4n) is 5.05. The molecule has 1 aliphatic heterocycles. The maximum Gasteiger partial charge on any atom is 0.223 e. The zero-order chi connectivity index (χ0) is 23.5. The van der Waals surface area contributed by atoms with Gasteiger partial charge in [-0.15, -0.1) is 0 Å². The number of hydrogen-bond acceptors (Lipinski definition) is 2. The minimum absolute atomic E-state index is 0.0155. The van der Waals surface area contributed by atoms with Gasteiger partial charge in [0.05, 0.1) is 0 Å². The Bertz CT molecular complexity index is 1260. The van der Waals surface area contributed by atoms with Crippen molar-refractivity contribution in [3.63, 3.8) is 0 Å². The van der Waals surface area contributed by atoms with E-state index in [4.69, 9.17) is 11.6 Å². The molecule has 0 unspecified atom stereocenters. The van der Waals surface area contributed by atoms with E-state index in [2.05, 4.69) is 83.4 Å². The lowest BCUT2D eigenvalue weighted by atomic mass is 9.87. The Hall–Kier alpha value is -3.08. The van der Waals surface area contributed by atoms with Gasteiger partial charge < -0.3 is 9.47 Å². The molecule has 174 valence electrons. The van der Waals surface area contributed by atoms with Gasteiger partial charge in [-0.3, -0.25) is 9.69 Å². The Balaban J connectivity index is 1.34. The molecule has 0 spiro atoms. The number of aromatic nitrogens is 1. The normalized spacial score (nSPS) is 15.5. The highest BCUT2D eigenvalue weighted by Gasteiger charge is 2.27. The van der Waals surface area contributed by atoms with E-state index < -0.39 is 0 Å². The first kappa shape index (κ1) is 22.7. The summed E-state index contributed by atoms with van der Waals surface area (Å²) in [6.45, 7) is 4.29. The van der Waals surface area contributed by atoms with Crippen LogP contribution in [0.25, 0.3) is 10.9 Å². The monoisotopic (exact) mass is 471 g/mol. The average molecular weight is 472 g/mol. The number of carbonyl (C=O) groups is 1. The quantitative estimate of drug-likeness (QED) is 0.361. The number of aryl methyl sites for hydroxylation is 1. The van der Waals surface area contributed by atoms with Gasteiger partial charge in [0.15, 0.2) is 0 Å².